The summed E-state index contributed by atoms with van der Waals surface area (Å²) in [6, 6.07) is 14.4. The van der Waals surface area contributed by atoms with Crippen molar-refractivity contribution in [3.05, 3.63) is 64.7 Å². The van der Waals surface area contributed by atoms with Gasteiger partial charge in [-0.25, -0.2) is 8.42 Å². The predicted molar refractivity (Wildman–Crippen MR) is 137 cm³/mol. The summed E-state index contributed by atoms with van der Waals surface area (Å²) in [5.74, 6) is -0.137. The molecule has 2 aliphatic rings. The van der Waals surface area contributed by atoms with E-state index in [1.54, 1.807) is 18.2 Å². The van der Waals surface area contributed by atoms with Crippen LogP contribution < -0.4 is 5.32 Å². The number of morpholine rings is 1. The average Bonchev–Trinajstić information content (AvgIpc) is 3.36. The summed E-state index contributed by atoms with van der Waals surface area (Å²) in [7, 11) is -3.71. The molecule has 0 aromatic heterocycles. The van der Waals surface area contributed by atoms with Gasteiger partial charge < -0.3 is 10.1 Å². The molecular formula is C26H34ClN3O4S. The molecule has 35 heavy (non-hydrogen) atoms. The van der Waals surface area contributed by atoms with E-state index in [-0.39, 0.29) is 35.5 Å². The lowest BCUT2D eigenvalue weighted by Crippen LogP contribution is -2.48. The summed E-state index contributed by atoms with van der Waals surface area (Å²) in [6.07, 6.45) is 1.99. The maximum atomic E-state index is 13.2. The molecule has 0 spiro atoms. The zero-order valence-electron chi connectivity index (χ0n) is 20.3. The molecule has 3 atom stereocenters. The number of carbonyl (C=O) groups is 1. The van der Waals surface area contributed by atoms with Crippen LogP contribution in [0.2, 0.25) is 5.02 Å². The number of ether oxygens (including phenoxy) is 1. The van der Waals surface area contributed by atoms with Crippen molar-refractivity contribution in [1.29, 1.82) is 0 Å². The molecule has 9 heteroatoms. The largest absolute Gasteiger partial charge is 0.373 e. The van der Waals surface area contributed by atoms with Gasteiger partial charge in [0.25, 0.3) is 0 Å². The highest BCUT2D eigenvalue weighted by atomic mass is 35.5. The quantitative estimate of drug-likeness (QED) is 0.508. The third-order valence-corrected chi connectivity index (χ3v) is 8.72. The van der Waals surface area contributed by atoms with Crippen molar-refractivity contribution in [1.82, 2.24) is 14.5 Å². The van der Waals surface area contributed by atoms with Crippen molar-refractivity contribution in [3.63, 3.8) is 0 Å². The molecule has 1 N–H and O–H groups in total. The average molecular weight is 520 g/mol. The first-order chi connectivity index (χ1) is 16.7. The molecule has 2 aromatic carbocycles. The van der Waals surface area contributed by atoms with Gasteiger partial charge in [-0.2, -0.15) is 4.31 Å². The molecular weight excluding hydrogens is 486 g/mol. The smallest absolute Gasteiger partial charge is 0.243 e. The van der Waals surface area contributed by atoms with E-state index in [1.807, 2.05) is 38.1 Å². The van der Waals surface area contributed by atoms with Gasteiger partial charge in [0.15, 0.2) is 5.78 Å². The predicted octanol–water partition coefficient (Wildman–Crippen LogP) is 3.75. The topological polar surface area (TPSA) is 79.0 Å². The highest BCUT2D eigenvalue weighted by molar-refractivity contribution is 7.89. The highest BCUT2D eigenvalue weighted by Crippen LogP contribution is 2.26. The summed E-state index contributed by atoms with van der Waals surface area (Å²) >= 11 is 6.07. The minimum atomic E-state index is -3.71. The zero-order valence-corrected chi connectivity index (χ0v) is 21.9. The minimum Gasteiger partial charge on any atom is -0.373 e. The Labute approximate surface area is 213 Å². The Hall–Kier alpha value is -1.81. The third kappa shape index (κ3) is 6.50. The Morgan fingerprint density at radius 2 is 1.74 bits per heavy atom. The second kappa shape index (κ2) is 11.5. The minimum absolute atomic E-state index is 0.132. The fourth-order valence-electron chi connectivity index (χ4n) is 4.93. The number of halogens is 1. The van der Waals surface area contributed by atoms with Crippen molar-refractivity contribution in [2.24, 2.45) is 0 Å². The molecule has 0 radical (unpaired) electrons. The van der Waals surface area contributed by atoms with Gasteiger partial charge in [0, 0.05) is 36.3 Å². The standard InChI is InChI=1S/C26H34ClN3O4S/c1-19-17-30(18-20(2)34-19)35(32,33)24-7-5-6-22(14-24)26(31)16-28-15-25(29-12-3-4-13-29)21-8-10-23(27)11-9-21/h5-11,14,19-20,25,28H,3-4,12-13,15-18H2,1-2H3. The van der Waals surface area contributed by atoms with Gasteiger partial charge in [0.2, 0.25) is 10.0 Å². The van der Waals surface area contributed by atoms with Crippen molar-refractivity contribution < 1.29 is 17.9 Å². The fraction of sp³-hybridized carbons (Fsp3) is 0.500. The van der Waals surface area contributed by atoms with E-state index in [4.69, 9.17) is 16.3 Å². The first-order valence-corrected chi connectivity index (χ1v) is 14.0. The van der Waals surface area contributed by atoms with Crippen molar-refractivity contribution in [2.75, 3.05) is 39.3 Å². The molecule has 2 heterocycles. The van der Waals surface area contributed by atoms with Crippen molar-refractivity contribution in [3.8, 4) is 0 Å². The van der Waals surface area contributed by atoms with Crippen LogP contribution >= 0.6 is 11.6 Å². The van der Waals surface area contributed by atoms with Crippen molar-refractivity contribution >= 4 is 27.4 Å². The second-order valence-electron chi connectivity index (χ2n) is 9.47. The van der Waals surface area contributed by atoms with Crippen LogP contribution in [0.4, 0.5) is 0 Å². The molecule has 2 aliphatic heterocycles. The molecule has 2 fully saturated rings. The Morgan fingerprint density at radius 1 is 1.09 bits per heavy atom. The number of ketones is 1. The number of benzene rings is 2. The van der Waals surface area contributed by atoms with Crippen LogP contribution in [0, 0.1) is 0 Å². The first-order valence-electron chi connectivity index (χ1n) is 12.2. The van der Waals surface area contributed by atoms with Crippen LogP contribution in [0.3, 0.4) is 0 Å². The molecule has 0 aliphatic carbocycles. The molecule has 0 bridgehead atoms. The number of Topliss-reactive ketones (excluding diaryl/α,β-unsaturated/α-hetero) is 1. The van der Waals surface area contributed by atoms with E-state index >= 15 is 0 Å². The van der Waals surface area contributed by atoms with Crippen molar-refractivity contribution in [2.45, 2.75) is 49.8 Å². The molecule has 4 rings (SSSR count). The highest BCUT2D eigenvalue weighted by Gasteiger charge is 2.32. The Kier molecular flexibility index (Phi) is 8.63. The monoisotopic (exact) mass is 519 g/mol. The van der Waals surface area contributed by atoms with E-state index in [1.165, 1.54) is 28.8 Å². The number of nitrogens with zero attached hydrogens (tertiary/aromatic N) is 2. The maximum Gasteiger partial charge on any atom is 0.243 e. The lowest BCUT2D eigenvalue weighted by molar-refractivity contribution is -0.0440. The van der Waals surface area contributed by atoms with Gasteiger partial charge >= 0.3 is 0 Å². The van der Waals surface area contributed by atoms with Gasteiger partial charge in [0.1, 0.15) is 0 Å². The van der Waals surface area contributed by atoms with Gasteiger partial charge in [-0.3, -0.25) is 9.69 Å². The van der Waals surface area contributed by atoms with Crippen LogP contribution in [0.25, 0.3) is 0 Å². The summed E-state index contributed by atoms with van der Waals surface area (Å²) < 4.78 is 33.5. The zero-order chi connectivity index (χ0) is 25.0. The molecule has 2 saturated heterocycles. The molecule has 0 amide bonds. The SMILES string of the molecule is CC1CN(S(=O)(=O)c2cccc(C(=O)CNCC(c3ccc(Cl)cc3)N3CCCC3)c2)CC(C)O1. The summed E-state index contributed by atoms with van der Waals surface area (Å²) in [4.78, 5) is 15.5. The lowest BCUT2D eigenvalue weighted by atomic mass is 10.1. The van der Waals surface area contributed by atoms with Crippen LogP contribution in [0.1, 0.15) is 48.7 Å². The Balaban J connectivity index is 1.41. The van der Waals surface area contributed by atoms with Gasteiger partial charge in [-0.15, -0.1) is 0 Å². The molecule has 3 unspecified atom stereocenters. The van der Waals surface area contributed by atoms with Crippen LogP contribution in [-0.2, 0) is 14.8 Å². The van der Waals surface area contributed by atoms with Crippen LogP contribution in [-0.4, -0.2) is 74.9 Å². The molecule has 7 nitrogen and oxygen atoms in total. The van der Waals surface area contributed by atoms with Gasteiger partial charge in [-0.1, -0.05) is 35.9 Å². The van der Waals surface area contributed by atoms with Crippen LogP contribution in [0.15, 0.2) is 53.4 Å². The second-order valence-corrected chi connectivity index (χ2v) is 11.8. The van der Waals surface area contributed by atoms with Gasteiger partial charge in [-0.05, 0) is 69.6 Å². The maximum absolute atomic E-state index is 13.2. The normalized spacial score (nSPS) is 22.8. The van der Waals surface area contributed by atoms with E-state index in [0.717, 1.165) is 13.1 Å². The lowest BCUT2D eigenvalue weighted by Gasteiger charge is -2.34. The first kappa shape index (κ1) is 26.3. The third-order valence-electron chi connectivity index (χ3n) is 6.64. The molecule has 190 valence electrons. The summed E-state index contributed by atoms with van der Waals surface area (Å²) in [5.41, 5.74) is 1.55. The molecule has 2 aromatic rings. The number of likely N-dealkylation sites (tertiary alicyclic amines) is 1. The fourth-order valence-corrected chi connectivity index (χ4v) is 6.69. The number of hydrogen-bond acceptors (Lipinski definition) is 6. The van der Waals surface area contributed by atoms with Crippen LogP contribution in [0.5, 0.6) is 0 Å². The number of rotatable bonds is 9. The summed E-state index contributed by atoms with van der Waals surface area (Å²) in [5, 5.41) is 4.01. The van der Waals surface area contributed by atoms with E-state index in [0.29, 0.717) is 30.2 Å². The number of carbonyl (C=O) groups excluding carboxylic acids is 1. The van der Waals surface area contributed by atoms with E-state index in [9.17, 15) is 13.2 Å². The Morgan fingerprint density at radius 3 is 2.40 bits per heavy atom. The van der Waals surface area contributed by atoms with Gasteiger partial charge in [0.05, 0.1) is 23.6 Å². The van der Waals surface area contributed by atoms with E-state index < -0.39 is 10.0 Å². The van der Waals surface area contributed by atoms with E-state index in [2.05, 4.69) is 10.2 Å². The Bertz CT molecular complexity index is 1110. The summed E-state index contributed by atoms with van der Waals surface area (Å²) in [6.45, 7) is 7.14. The number of hydrogen-bond donors (Lipinski definition) is 1. The molecule has 0 saturated carbocycles. The number of nitrogens with one attached hydrogen (secondary N) is 1. The number of sulfonamides is 1.